The molecule has 0 saturated carbocycles. The van der Waals surface area contributed by atoms with Crippen LogP contribution in [0.15, 0.2) is 46.9 Å². The summed E-state index contributed by atoms with van der Waals surface area (Å²) in [6, 6.07) is 10.3. The number of nitrogens with zero attached hydrogens (tertiary/aromatic N) is 2. The van der Waals surface area contributed by atoms with Gasteiger partial charge in [-0.3, -0.25) is 4.79 Å². The summed E-state index contributed by atoms with van der Waals surface area (Å²) in [6.07, 6.45) is 1.80. The van der Waals surface area contributed by atoms with E-state index >= 15 is 0 Å². The molecule has 1 N–H and O–H groups in total. The van der Waals surface area contributed by atoms with E-state index in [-0.39, 0.29) is 18.1 Å². The van der Waals surface area contributed by atoms with Gasteiger partial charge in [-0.1, -0.05) is 6.07 Å². The van der Waals surface area contributed by atoms with Crippen LogP contribution in [0.2, 0.25) is 0 Å². The lowest BCUT2D eigenvalue weighted by Gasteiger charge is -2.05. The Morgan fingerprint density at radius 3 is 2.59 bits per heavy atom. The molecule has 1 amide bonds. The maximum absolute atomic E-state index is 13.0. The molecule has 0 bridgehead atoms. The lowest BCUT2D eigenvalue weighted by Crippen LogP contribution is -2.20. The van der Waals surface area contributed by atoms with E-state index in [1.807, 2.05) is 19.2 Å². The summed E-state index contributed by atoms with van der Waals surface area (Å²) < 4.78 is 13.0. The molecular weight excluding hydrogens is 361 g/mol. The highest BCUT2D eigenvalue weighted by atomic mass is 32.1. The van der Waals surface area contributed by atoms with Crippen LogP contribution in [0.3, 0.4) is 0 Å². The van der Waals surface area contributed by atoms with Gasteiger partial charge in [-0.15, -0.1) is 11.3 Å². The van der Waals surface area contributed by atoms with E-state index in [9.17, 15) is 9.18 Å². The summed E-state index contributed by atoms with van der Waals surface area (Å²) in [7, 11) is 0. The zero-order valence-corrected chi connectivity index (χ0v) is 16.2. The first-order valence-corrected chi connectivity index (χ1v) is 9.40. The fourth-order valence-corrected chi connectivity index (χ4v) is 3.44. The molecule has 0 aliphatic carbocycles. The van der Waals surface area contributed by atoms with Crippen LogP contribution in [0.5, 0.6) is 0 Å². The largest absolute Gasteiger partial charge is 0.273 e. The Kier molecular flexibility index (Phi) is 5.76. The second-order valence-electron chi connectivity index (χ2n) is 6.41. The van der Waals surface area contributed by atoms with Gasteiger partial charge in [0.1, 0.15) is 10.8 Å². The number of nitrogens with one attached hydrogen (secondary N) is 1. The van der Waals surface area contributed by atoms with Crippen LogP contribution in [0.4, 0.5) is 4.39 Å². The molecule has 0 aliphatic heterocycles. The summed E-state index contributed by atoms with van der Waals surface area (Å²) in [6.45, 7) is 6.13. The van der Waals surface area contributed by atoms with Crippen molar-refractivity contribution < 1.29 is 9.18 Å². The average Bonchev–Trinajstić information content (AvgIpc) is 3.08. The maximum Gasteiger partial charge on any atom is 0.246 e. The second-order valence-corrected chi connectivity index (χ2v) is 7.27. The molecule has 1 heterocycles. The Balaban J connectivity index is 1.60. The molecule has 6 heteroatoms. The minimum Gasteiger partial charge on any atom is -0.273 e. The Bertz CT molecular complexity index is 993. The summed E-state index contributed by atoms with van der Waals surface area (Å²) in [5, 5.41) is 6.64. The lowest BCUT2D eigenvalue weighted by molar-refractivity contribution is -0.120. The number of aromatic nitrogens is 1. The van der Waals surface area contributed by atoms with Crippen LogP contribution >= 0.6 is 11.3 Å². The summed E-state index contributed by atoms with van der Waals surface area (Å²) >= 11 is 1.42. The summed E-state index contributed by atoms with van der Waals surface area (Å²) in [5.41, 5.74) is 8.54. The molecule has 0 atom stereocenters. The fourth-order valence-electron chi connectivity index (χ4n) is 2.61. The lowest BCUT2D eigenvalue weighted by atomic mass is 10.0. The zero-order chi connectivity index (χ0) is 19.4. The predicted octanol–water partition coefficient (Wildman–Crippen LogP) is 4.57. The summed E-state index contributed by atoms with van der Waals surface area (Å²) in [4.78, 5) is 16.5. The first-order valence-electron chi connectivity index (χ1n) is 8.52. The molecule has 138 valence electrons. The van der Waals surface area contributed by atoms with Gasteiger partial charge in [0.25, 0.3) is 0 Å². The normalized spacial score (nSPS) is 11.1. The van der Waals surface area contributed by atoms with Crippen molar-refractivity contribution in [2.75, 3.05) is 0 Å². The van der Waals surface area contributed by atoms with E-state index in [1.54, 1.807) is 18.3 Å². The molecule has 27 heavy (non-hydrogen) atoms. The maximum atomic E-state index is 13.0. The molecule has 0 saturated heterocycles. The van der Waals surface area contributed by atoms with E-state index in [1.165, 1.54) is 34.6 Å². The number of carbonyl (C=O) groups excluding carboxylic acids is 1. The van der Waals surface area contributed by atoms with E-state index < -0.39 is 0 Å². The minimum absolute atomic E-state index is 0.140. The van der Waals surface area contributed by atoms with E-state index in [2.05, 4.69) is 34.6 Å². The number of hydrogen-bond donors (Lipinski definition) is 1. The van der Waals surface area contributed by atoms with Gasteiger partial charge in [0.05, 0.1) is 18.3 Å². The zero-order valence-electron chi connectivity index (χ0n) is 15.4. The van der Waals surface area contributed by atoms with Crippen LogP contribution in [0, 0.1) is 26.6 Å². The number of aryl methyl sites for hydroxylation is 3. The third kappa shape index (κ3) is 4.86. The van der Waals surface area contributed by atoms with Crippen LogP contribution < -0.4 is 5.43 Å². The molecule has 0 aliphatic rings. The van der Waals surface area contributed by atoms with Crippen LogP contribution in [-0.2, 0) is 11.2 Å². The van der Waals surface area contributed by atoms with Crippen LogP contribution in [0.25, 0.3) is 10.6 Å². The number of amides is 1. The predicted molar refractivity (Wildman–Crippen MR) is 108 cm³/mol. The topological polar surface area (TPSA) is 54.4 Å². The van der Waals surface area contributed by atoms with Gasteiger partial charge >= 0.3 is 0 Å². The van der Waals surface area contributed by atoms with Gasteiger partial charge in [-0.25, -0.2) is 14.8 Å². The van der Waals surface area contributed by atoms with Gasteiger partial charge < -0.3 is 0 Å². The highest BCUT2D eigenvalue weighted by molar-refractivity contribution is 7.13. The second kappa shape index (κ2) is 8.22. The molecule has 3 aromatic rings. The van der Waals surface area contributed by atoms with E-state index in [4.69, 9.17) is 0 Å². The van der Waals surface area contributed by atoms with E-state index in [0.29, 0.717) is 5.69 Å². The Hall–Kier alpha value is -2.86. The standard InChI is InChI=1S/C21H20FN3OS/c1-13-8-15(3)17(9-14(13)2)11-23-25-20(26)10-19-12-27-21(24-19)16-4-6-18(22)7-5-16/h4-9,11-12H,10H2,1-3H3,(H,25,26)/b23-11-. The quantitative estimate of drug-likeness (QED) is 0.520. The minimum atomic E-state index is -0.285. The van der Waals surface area contributed by atoms with Gasteiger partial charge in [0, 0.05) is 10.9 Å². The van der Waals surface area contributed by atoms with Crippen LogP contribution in [0.1, 0.15) is 27.9 Å². The SMILES string of the molecule is Cc1cc(C)c(/C=N\NC(=O)Cc2csc(-c3ccc(F)cc3)n2)cc1C. The molecule has 0 fully saturated rings. The number of hydrogen-bond acceptors (Lipinski definition) is 4. The average molecular weight is 381 g/mol. The molecule has 0 unspecified atom stereocenters. The number of rotatable bonds is 5. The molecule has 0 spiro atoms. The number of benzene rings is 2. The number of halogens is 1. The number of carbonyl (C=O) groups is 1. The molecule has 3 rings (SSSR count). The molecule has 0 radical (unpaired) electrons. The van der Waals surface area contributed by atoms with Crippen molar-refractivity contribution in [3.05, 3.63) is 75.5 Å². The van der Waals surface area contributed by atoms with Crippen molar-refractivity contribution >= 4 is 23.5 Å². The highest BCUT2D eigenvalue weighted by Crippen LogP contribution is 2.24. The number of hydrazone groups is 1. The molecule has 2 aromatic carbocycles. The first-order chi connectivity index (χ1) is 12.9. The van der Waals surface area contributed by atoms with Crippen LogP contribution in [-0.4, -0.2) is 17.1 Å². The van der Waals surface area contributed by atoms with E-state index in [0.717, 1.165) is 21.7 Å². The fraction of sp³-hybridized carbons (Fsp3) is 0.190. The Morgan fingerprint density at radius 2 is 1.85 bits per heavy atom. The van der Waals surface area contributed by atoms with Crippen molar-refractivity contribution in [2.45, 2.75) is 27.2 Å². The van der Waals surface area contributed by atoms with Gasteiger partial charge in [-0.05, 0) is 73.4 Å². The molecular formula is C21H20FN3OS. The monoisotopic (exact) mass is 381 g/mol. The van der Waals surface area contributed by atoms with Gasteiger partial charge in [-0.2, -0.15) is 5.10 Å². The Morgan fingerprint density at radius 1 is 1.15 bits per heavy atom. The summed E-state index contributed by atoms with van der Waals surface area (Å²) in [5.74, 6) is -0.518. The first kappa shape index (κ1) is 18.9. The van der Waals surface area contributed by atoms with Gasteiger partial charge in [0.15, 0.2) is 0 Å². The van der Waals surface area contributed by atoms with Crippen molar-refractivity contribution in [3.63, 3.8) is 0 Å². The molecule has 4 nitrogen and oxygen atoms in total. The van der Waals surface area contributed by atoms with Crippen molar-refractivity contribution in [2.24, 2.45) is 5.10 Å². The van der Waals surface area contributed by atoms with Gasteiger partial charge in [0.2, 0.25) is 5.91 Å². The van der Waals surface area contributed by atoms with Crippen molar-refractivity contribution in [1.29, 1.82) is 0 Å². The van der Waals surface area contributed by atoms with Crippen molar-refractivity contribution in [3.8, 4) is 10.6 Å². The van der Waals surface area contributed by atoms with Crippen molar-refractivity contribution in [1.82, 2.24) is 10.4 Å². The number of thiazole rings is 1. The molecule has 1 aromatic heterocycles. The third-order valence-electron chi connectivity index (χ3n) is 4.26. The third-order valence-corrected chi connectivity index (χ3v) is 5.20. The smallest absolute Gasteiger partial charge is 0.246 e. The highest BCUT2D eigenvalue weighted by Gasteiger charge is 2.09. The Labute approximate surface area is 161 Å².